The molecule has 0 aliphatic carbocycles. The molecule has 0 aliphatic heterocycles. The molecule has 1 aromatic heterocycles. The quantitative estimate of drug-likeness (QED) is 0.649. The highest BCUT2D eigenvalue weighted by Crippen LogP contribution is 1.99. The number of hydrogen-bond acceptors (Lipinski definition) is 5. The van der Waals surface area contributed by atoms with Crippen molar-refractivity contribution >= 4 is 5.91 Å². The van der Waals surface area contributed by atoms with Crippen molar-refractivity contribution < 1.29 is 9.32 Å². The Hall–Kier alpha value is -1.87. The van der Waals surface area contributed by atoms with E-state index in [0.29, 0.717) is 6.54 Å². The Morgan fingerprint density at radius 1 is 1.73 bits per heavy atom. The first kappa shape index (κ1) is 11.2. The summed E-state index contributed by atoms with van der Waals surface area (Å²) in [6.07, 6.45) is 0. The van der Waals surface area contributed by atoms with Crippen LogP contribution >= 0.6 is 0 Å². The molecule has 15 heavy (non-hydrogen) atoms. The first-order valence-electron chi connectivity index (χ1n) is 4.49. The lowest BCUT2D eigenvalue weighted by Gasteiger charge is -2.01. The van der Waals surface area contributed by atoms with Gasteiger partial charge in [0.1, 0.15) is 12.3 Å². The molecule has 6 nitrogen and oxygen atoms in total. The molecule has 0 spiro atoms. The van der Waals surface area contributed by atoms with Gasteiger partial charge in [-0.2, -0.15) is 5.26 Å². The van der Waals surface area contributed by atoms with Crippen LogP contribution in [-0.4, -0.2) is 24.2 Å². The summed E-state index contributed by atoms with van der Waals surface area (Å²) in [4.78, 5) is 11.0. The van der Waals surface area contributed by atoms with E-state index in [-0.39, 0.29) is 19.0 Å². The lowest BCUT2D eigenvalue weighted by Crippen LogP contribution is -2.33. The molecule has 0 bridgehead atoms. The van der Waals surface area contributed by atoms with Gasteiger partial charge in [0.2, 0.25) is 5.91 Å². The van der Waals surface area contributed by atoms with Gasteiger partial charge in [-0.3, -0.25) is 4.79 Å². The predicted octanol–water partition coefficient (Wildman–Crippen LogP) is -0.288. The third kappa shape index (κ3) is 4.24. The van der Waals surface area contributed by atoms with E-state index in [4.69, 9.17) is 9.78 Å². The molecule has 2 N–H and O–H groups in total. The van der Waals surface area contributed by atoms with Gasteiger partial charge < -0.3 is 15.2 Å². The number of amides is 1. The molecule has 1 amide bonds. The first-order chi connectivity index (χ1) is 7.22. The Balaban J connectivity index is 2.16. The second-order valence-electron chi connectivity index (χ2n) is 2.97. The highest BCUT2D eigenvalue weighted by Gasteiger charge is 2.02. The van der Waals surface area contributed by atoms with Crippen LogP contribution in [0.25, 0.3) is 0 Å². The van der Waals surface area contributed by atoms with E-state index in [1.54, 1.807) is 13.0 Å². The van der Waals surface area contributed by atoms with Gasteiger partial charge in [0.05, 0.1) is 18.3 Å². The zero-order valence-electron chi connectivity index (χ0n) is 8.41. The maximum absolute atomic E-state index is 11.0. The molecule has 0 unspecified atom stereocenters. The van der Waals surface area contributed by atoms with Crippen LogP contribution in [0.3, 0.4) is 0 Å². The molecule has 1 aromatic rings. The van der Waals surface area contributed by atoms with Crippen molar-refractivity contribution in [1.82, 2.24) is 15.8 Å². The first-order valence-corrected chi connectivity index (χ1v) is 4.49. The summed E-state index contributed by atoms with van der Waals surface area (Å²) in [5.41, 5.74) is 0.751. The van der Waals surface area contributed by atoms with Crippen molar-refractivity contribution in [3.05, 3.63) is 17.5 Å². The molecular formula is C9H12N4O2. The molecule has 0 aliphatic rings. The van der Waals surface area contributed by atoms with E-state index in [2.05, 4.69) is 15.8 Å². The van der Waals surface area contributed by atoms with Crippen LogP contribution in [0.5, 0.6) is 0 Å². The zero-order valence-corrected chi connectivity index (χ0v) is 8.41. The highest BCUT2D eigenvalue weighted by molar-refractivity contribution is 5.78. The average molecular weight is 208 g/mol. The fourth-order valence-electron chi connectivity index (χ4n) is 1.01. The monoisotopic (exact) mass is 208 g/mol. The Morgan fingerprint density at radius 2 is 2.53 bits per heavy atom. The maximum Gasteiger partial charge on any atom is 0.234 e. The lowest BCUT2D eigenvalue weighted by atomic mass is 10.4. The molecule has 1 heterocycles. The SMILES string of the molecule is Cc1cc(CNCC(=O)NCC#N)no1. The minimum absolute atomic E-state index is 0.0313. The second kappa shape index (κ2) is 5.78. The summed E-state index contributed by atoms with van der Waals surface area (Å²) in [6.45, 7) is 2.46. The fourth-order valence-corrected chi connectivity index (χ4v) is 1.01. The van der Waals surface area contributed by atoms with Gasteiger partial charge in [0, 0.05) is 12.6 Å². The zero-order chi connectivity index (χ0) is 11.1. The minimum atomic E-state index is -0.211. The standard InChI is InChI=1S/C9H12N4O2/c1-7-4-8(13-15-7)5-11-6-9(14)12-3-2-10/h4,11H,3,5-6H2,1H3,(H,12,14). The van der Waals surface area contributed by atoms with Crippen molar-refractivity contribution in [1.29, 1.82) is 5.26 Å². The van der Waals surface area contributed by atoms with Crippen molar-refractivity contribution in [2.24, 2.45) is 0 Å². The number of carbonyl (C=O) groups is 1. The fraction of sp³-hybridized carbons (Fsp3) is 0.444. The number of aromatic nitrogens is 1. The Kier molecular flexibility index (Phi) is 4.31. The van der Waals surface area contributed by atoms with Gasteiger partial charge in [-0.05, 0) is 6.92 Å². The van der Waals surface area contributed by atoms with E-state index in [1.807, 2.05) is 6.07 Å². The molecule has 0 saturated heterocycles. The number of nitrogens with zero attached hydrogens (tertiary/aromatic N) is 2. The van der Waals surface area contributed by atoms with E-state index < -0.39 is 0 Å². The number of rotatable bonds is 5. The highest BCUT2D eigenvalue weighted by atomic mass is 16.5. The van der Waals surface area contributed by atoms with Gasteiger partial charge in [0.15, 0.2) is 0 Å². The van der Waals surface area contributed by atoms with Crippen molar-refractivity contribution in [3.63, 3.8) is 0 Å². The summed E-state index contributed by atoms with van der Waals surface area (Å²) in [5.74, 6) is 0.525. The molecule has 0 atom stereocenters. The third-order valence-corrected chi connectivity index (χ3v) is 1.63. The van der Waals surface area contributed by atoms with E-state index in [1.165, 1.54) is 0 Å². The molecule has 0 saturated carbocycles. The Labute approximate surface area is 87.2 Å². The van der Waals surface area contributed by atoms with Crippen LogP contribution in [0.2, 0.25) is 0 Å². The number of hydrogen-bond donors (Lipinski definition) is 2. The topological polar surface area (TPSA) is 91.0 Å². The predicted molar refractivity (Wildman–Crippen MR) is 51.6 cm³/mol. The molecule has 0 radical (unpaired) electrons. The molecule has 1 rings (SSSR count). The molecule has 0 fully saturated rings. The molecule has 0 aromatic carbocycles. The van der Waals surface area contributed by atoms with Crippen molar-refractivity contribution in [2.75, 3.05) is 13.1 Å². The summed E-state index contributed by atoms with van der Waals surface area (Å²) in [6, 6.07) is 3.61. The Bertz CT molecular complexity index is 366. The minimum Gasteiger partial charge on any atom is -0.361 e. The lowest BCUT2D eigenvalue weighted by molar-refractivity contribution is -0.120. The van der Waals surface area contributed by atoms with Crippen LogP contribution in [0.15, 0.2) is 10.6 Å². The molecule has 6 heteroatoms. The number of nitriles is 1. The smallest absolute Gasteiger partial charge is 0.234 e. The third-order valence-electron chi connectivity index (χ3n) is 1.63. The Morgan fingerprint density at radius 3 is 3.13 bits per heavy atom. The van der Waals surface area contributed by atoms with Crippen LogP contribution in [0.4, 0.5) is 0 Å². The molecular weight excluding hydrogens is 196 g/mol. The van der Waals surface area contributed by atoms with Gasteiger partial charge in [-0.1, -0.05) is 5.16 Å². The van der Waals surface area contributed by atoms with E-state index in [9.17, 15) is 4.79 Å². The largest absolute Gasteiger partial charge is 0.361 e. The van der Waals surface area contributed by atoms with Gasteiger partial charge in [0.25, 0.3) is 0 Å². The van der Waals surface area contributed by atoms with Gasteiger partial charge in [-0.25, -0.2) is 0 Å². The summed E-state index contributed by atoms with van der Waals surface area (Å²) in [5, 5.41) is 17.3. The number of carbonyl (C=O) groups excluding carboxylic acids is 1. The van der Waals surface area contributed by atoms with Crippen LogP contribution in [0, 0.1) is 18.3 Å². The normalized spacial score (nSPS) is 9.60. The average Bonchev–Trinajstić information content (AvgIpc) is 2.61. The summed E-state index contributed by atoms with van der Waals surface area (Å²) >= 11 is 0. The number of aryl methyl sites for hydroxylation is 1. The van der Waals surface area contributed by atoms with Crippen LogP contribution in [-0.2, 0) is 11.3 Å². The molecule has 80 valence electrons. The van der Waals surface area contributed by atoms with E-state index >= 15 is 0 Å². The summed E-state index contributed by atoms with van der Waals surface area (Å²) < 4.78 is 4.85. The van der Waals surface area contributed by atoms with E-state index in [0.717, 1.165) is 11.5 Å². The maximum atomic E-state index is 11.0. The summed E-state index contributed by atoms with van der Waals surface area (Å²) in [7, 11) is 0. The van der Waals surface area contributed by atoms with Crippen molar-refractivity contribution in [2.45, 2.75) is 13.5 Å². The number of nitrogens with one attached hydrogen (secondary N) is 2. The van der Waals surface area contributed by atoms with Crippen LogP contribution in [0.1, 0.15) is 11.5 Å². The van der Waals surface area contributed by atoms with Crippen molar-refractivity contribution in [3.8, 4) is 6.07 Å². The van der Waals surface area contributed by atoms with Crippen LogP contribution < -0.4 is 10.6 Å². The van der Waals surface area contributed by atoms with Gasteiger partial charge >= 0.3 is 0 Å². The second-order valence-corrected chi connectivity index (χ2v) is 2.97. The van der Waals surface area contributed by atoms with Gasteiger partial charge in [-0.15, -0.1) is 0 Å².